The zero-order chi connectivity index (χ0) is 17.4. The fourth-order valence-corrected chi connectivity index (χ4v) is 3.33. The van der Waals surface area contributed by atoms with Crippen LogP contribution in [0.4, 0.5) is 0 Å². The number of rotatable bonds is 2. The summed E-state index contributed by atoms with van der Waals surface area (Å²) >= 11 is 0. The molecule has 0 amide bonds. The molecular weight excluding hydrogens is 312 g/mol. The largest absolute Gasteiger partial charge is 0.497 e. The first-order valence-electron chi connectivity index (χ1n) is 7.96. The van der Waals surface area contributed by atoms with E-state index in [0.717, 1.165) is 33.4 Å². The van der Waals surface area contributed by atoms with Crippen LogP contribution in [0.5, 0.6) is 11.5 Å². The Kier molecular flexibility index (Phi) is 3.55. The number of hydrogen-bond donors (Lipinski definition) is 1. The molecule has 1 aliphatic heterocycles. The number of ether oxygens (including phenoxy) is 2. The molecule has 0 bridgehead atoms. The molecular formula is C21H16N2O2. The number of methoxy groups -OCH3 is 1. The predicted octanol–water partition coefficient (Wildman–Crippen LogP) is 4.07. The number of hydrogen-bond acceptors (Lipinski definition) is 4. The van der Waals surface area contributed by atoms with Crippen molar-refractivity contribution >= 4 is 10.8 Å². The molecule has 3 aromatic carbocycles. The van der Waals surface area contributed by atoms with E-state index in [4.69, 9.17) is 15.2 Å². The molecule has 0 radical (unpaired) electrons. The van der Waals surface area contributed by atoms with E-state index in [0.29, 0.717) is 5.57 Å². The van der Waals surface area contributed by atoms with Gasteiger partial charge in [0.2, 0.25) is 5.88 Å². The molecule has 0 saturated heterocycles. The Hall–Kier alpha value is -3.45. The van der Waals surface area contributed by atoms with E-state index in [2.05, 4.69) is 6.07 Å². The highest BCUT2D eigenvalue weighted by Crippen LogP contribution is 2.45. The van der Waals surface area contributed by atoms with Crippen molar-refractivity contribution in [2.24, 2.45) is 5.73 Å². The molecule has 122 valence electrons. The van der Waals surface area contributed by atoms with Crippen LogP contribution in [0.15, 0.2) is 72.1 Å². The molecule has 0 saturated carbocycles. The number of nitrogens with zero attached hydrogens (tertiary/aromatic N) is 1. The van der Waals surface area contributed by atoms with Gasteiger partial charge in [-0.05, 0) is 23.1 Å². The van der Waals surface area contributed by atoms with Crippen LogP contribution < -0.4 is 15.2 Å². The Morgan fingerprint density at radius 1 is 1.04 bits per heavy atom. The second-order valence-corrected chi connectivity index (χ2v) is 5.90. The van der Waals surface area contributed by atoms with E-state index in [9.17, 15) is 5.26 Å². The maximum absolute atomic E-state index is 9.64. The van der Waals surface area contributed by atoms with Gasteiger partial charge in [0, 0.05) is 10.9 Å². The summed E-state index contributed by atoms with van der Waals surface area (Å²) < 4.78 is 11.1. The lowest BCUT2D eigenvalue weighted by Gasteiger charge is -2.27. The normalized spacial score (nSPS) is 16.1. The van der Waals surface area contributed by atoms with E-state index in [1.54, 1.807) is 7.11 Å². The van der Waals surface area contributed by atoms with Gasteiger partial charge in [0.05, 0.1) is 13.0 Å². The molecule has 3 aromatic rings. The molecule has 4 rings (SSSR count). The summed E-state index contributed by atoms with van der Waals surface area (Å²) in [4.78, 5) is 0. The first-order valence-corrected chi connectivity index (χ1v) is 7.96. The number of nitrogens with two attached hydrogens (primary N) is 1. The minimum absolute atomic E-state index is 0.159. The number of fused-ring (bicyclic) bond motifs is 3. The van der Waals surface area contributed by atoms with E-state index >= 15 is 0 Å². The molecule has 0 fully saturated rings. The average molecular weight is 328 g/mol. The Morgan fingerprint density at radius 2 is 1.80 bits per heavy atom. The second-order valence-electron chi connectivity index (χ2n) is 5.90. The van der Waals surface area contributed by atoms with Gasteiger partial charge in [-0.2, -0.15) is 5.26 Å². The lowest BCUT2D eigenvalue weighted by Crippen LogP contribution is -2.21. The second kappa shape index (κ2) is 5.88. The molecule has 4 nitrogen and oxygen atoms in total. The smallest absolute Gasteiger partial charge is 0.205 e. The van der Waals surface area contributed by atoms with Crippen LogP contribution in [-0.2, 0) is 0 Å². The lowest BCUT2D eigenvalue weighted by molar-refractivity contribution is 0.398. The van der Waals surface area contributed by atoms with Gasteiger partial charge >= 0.3 is 0 Å². The summed E-state index contributed by atoms with van der Waals surface area (Å²) in [6.45, 7) is 0. The van der Waals surface area contributed by atoms with Crippen LogP contribution >= 0.6 is 0 Å². The number of allylic oxidation sites excluding steroid dienone is 1. The van der Waals surface area contributed by atoms with E-state index in [-0.39, 0.29) is 11.8 Å². The fraction of sp³-hybridized carbons (Fsp3) is 0.0952. The van der Waals surface area contributed by atoms with Gasteiger partial charge in [0.15, 0.2) is 0 Å². The molecule has 0 aromatic heterocycles. The monoisotopic (exact) mass is 328 g/mol. The van der Waals surface area contributed by atoms with Gasteiger partial charge in [-0.3, -0.25) is 0 Å². The zero-order valence-corrected chi connectivity index (χ0v) is 13.7. The Morgan fingerprint density at radius 3 is 2.52 bits per heavy atom. The minimum Gasteiger partial charge on any atom is -0.497 e. The van der Waals surface area contributed by atoms with Crippen molar-refractivity contribution in [3.8, 4) is 17.6 Å². The predicted molar refractivity (Wildman–Crippen MR) is 96.2 cm³/mol. The molecule has 4 heteroatoms. The van der Waals surface area contributed by atoms with Gasteiger partial charge in [-0.25, -0.2) is 0 Å². The lowest BCUT2D eigenvalue weighted by atomic mass is 9.82. The SMILES string of the molecule is COc1ccc([C@H]2C(C#N)=C(N)Oc3c2ccc2ccccc32)cc1. The van der Waals surface area contributed by atoms with Crippen LogP contribution in [0.1, 0.15) is 17.0 Å². The Bertz CT molecular complexity index is 1030. The van der Waals surface area contributed by atoms with Gasteiger partial charge in [-0.15, -0.1) is 0 Å². The molecule has 2 N–H and O–H groups in total. The van der Waals surface area contributed by atoms with Gasteiger partial charge in [0.25, 0.3) is 0 Å². The maximum Gasteiger partial charge on any atom is 0.205 e. The topological polar surface area (TPSA) is 68.3 Å². The summed E-state index contributed by atoms with van der Waals surface area (Å²) in [6.07, 6.45) is 0. The fourth-order valence-electron chi connectivity index (χ4n) is 3.33. The average Bonchev–Trinajstić information content (AvgIpc) is 2.67. The first-order chi connectivity index (χ1) is 12.2. The van der Waals surface area contributed by atoms with Gasteiger partial charge in [0.1, 0.15) is 23.1 Å². The first kappa shape index (κ1) is 15.1. The zero-order valence-electron chi connectivity index (χ0n) is 13.7. The molecule has 25 heavy (non-hydrogen) atoms. The van der Waals surface area contributed by atoms with Crippen molar-refractivity contribution < 1.29 is 9.47 Å². The molecule has 0 spiro atoms. The number of benzene rings is 3. The third-order valence-electron chi connectivity index (χ3n) is 4.56. The van der Waals surface area contributed by atoms with Crippen LogP contribution in [0.3, 0.4) is 0 Å². The standard InChI is InChI=1S/C21H16N2O2/c1-24-15-9-6-14(7-10-15)19-17-11-8-13-4-2-3-5-16(13)20(17)25-21(23)18(19)12-22/h2-11,19H,23H2,1H3/t19-/m1/s1. The van der Waals surface area contributed by atoms with Crippen molar-refractivity contribution in [1.29, 1.82) is 5.26 Å². The Balaban J connectivity index is 1.96. The quantitative estimate of drug-likeness (QED) is 0.770. The third kappa shape index (κ3) is 2.38. The van der Waals surface area contributed by atoms with E-state index in [1.165, 1.54) is 0 Å². The summed E-state index contributed by atoms with van der Waals surface area (Å²) in [5, 5.41) is 11.7. The van der Waals surface area contributed by atoms with Crippen molar-refractivity contribution in [2.75, 3.05) is 7.11 Å². The summed E-state index contributed by atoms with van der Waals surface area (Å²) in [6, 6.07) is 21.9. The summed E-state index contributed by atoms with van der Waals surface area (Å²) in [7, 11) is 1.63. The van der Waals surface area contributed by atoms with E-state index < -0.39 is 0 Å². The molecule has 1 heterocycles. The van der Waals surface area contributed by atoms with Crippen LogP contribution in [0, 0.1) is 11.3 Å². The van der Waals surface area contributed by atoms with Crippen LogP contribution in [-0.4, -0.2) is 7.11 Å². The number of nitriles is 1. The highest BCUT2D eigenvalue weighted by Gasteiger charge is 2.31. The van der Waals surface area contributed by atoms with Crippen molar-refractivity contribution in [1.82, 2.24) is 0 Å². The molecule has 1 atom stereocenters. The molecule has 1 aliphatic rings. The summed E-state index contributed by atoms with van der Waals surface area (Å²) in [5.41, 5.74) is 8.43. The van der Waals surface area contributed by atoms with Crippen molar-refractivity contribution in [2.45, 2.75) is 5.92 Å². The maximum atomic E-state index is 9.64. The summed E-state index contributed by atoms with van der Waals surface area (Å²) in [5.74, 6) is 1.39. The molecule has 0 unspecified atom stereocenters. The third-order valence-corrected chi connectivity index (χ3v) is 4.56. The minimum atomic E-state index is -0.260. The molecule has 0 aliphatic carbocycles. The highest BCUT2D eigenvalue weighted by atomic mass is 16.5. The van der Waals surface area contributed by atoms with Crippen LogP contribution in [0.25, 0.3) is 10.8 Å². The van der Waals surface area contributed by atoms with E-state index in [1.807, 2.05) is 60.7 Å². The van der Waals surface area contributed by atoms with Crippen molar-refractivity contribution in [3.63, 3.8) is 0 Å². The highest BCUT2D eigenvalue weighted by molar-refractivity contribution is 5.90. The van der Waals surface area contributed by atoms with Gasteiger partial charge < -0.3 is 15.2 Å². The Labute approximate surface area is 145 Å². The van der Waals surface area contributed by atoms with Crippen LogP contribution in [0.2, 0.25) is 0 Å². The van der Waals surface area contributed by atoms with Crippen molar-refractivity contribution in [3.05, 3.63) is 83.2 Å². The van der Waals surface area contributed by atoms with Gasteiger partial charge in [-0.1, -0.05) is 48.5 Å².